The monoisotopic (exact) mass is 564 g/mol. The van der Waals surface area contributed by atoms with E-state index in [9.17, 15) is 14.4 Å². The Bertz CT molecular complexity index is 1200. The Morgan fingerprint density at radius 1 is 0.488 bits per heavy atom. The van der Waals surface area contributed by atoms with Crippen molar-refractivity contribution in [2.24, 2.45) is 0 Å². The van der Waals surface area contributed by atoms with Gasteiger partial charge in [0.25, 0.3) is 0 Å². The van der Waals surface area contributed by atoms with Crippen LogP contribution in [0, 0.1) is 0 Å². The molecule has 3 aromatic carbocycles. The summed E-state index contributed by atoms with van der Waals surface area (Å²) in [6.45, 7) is 2.19. The molecule has 0 aliphatic carbocycles. The van der Waals surface area contributed by atoms with Crippen molar-refractivity contribution in [1.82, 2.24) is 21.3 Å². The molecule has 0 bridgehead atoms. The van der Waals surface area contributed by atoms with Crippen LogP contribution in [0.5, 0.6) is 0 Å². The predicted octanol–water partition coefficient (Wildman–Crippen LogP) is 3.83. The molecule has 0 saturated carbocycles. The number of amides is 3. The Kier molecular flexibility index (Phi) is 14.1. The fourth-order valence-electron chi connectivity index (χ4n) is 3.52. The lowest BCUT2D eigenvalue weighted by atomic mass is 10.1. The summed E-state index contributed by atoms with van der Waals surface area (Å²) in [6.07, 6.45) is -1.68. The van der Waals surface area contributed by atoms with E-state index in [0.717, 1.165) is 22.3 Å². The SMILES string of the molecule is O=C(NCc1ccccc1)OCCOCNCc1cccc(CNC(=O)OCCOC(=O)NCc2ccccc2)c1. The first-order valence-corrected chi connectivity index (χ1v) is 13.2. The second-order valence-corrected chi connectivity index (χ2v) is 8.74. The third-order valence-corrected chi connectivity index (χ3v) is 5.53. The Labute approximate surface area is 239 Å². The van der Waals surface area contributed by atoms with Gasteiger partial charge in [-0.1, -0.05) is 84.9 Å². The molecule has 0 aromatic heterocycles. The maximum Gasteiger partial charge on any atom is 0.407 e. The predicted molar refractivity (Wildman–Crippen MR) is 152 cm³/mol. The van der Waals surface area contributed by atoms with Crippen molar-refractivity contribution in [1.29, 1.82) is 0 Å². The number of rotatable bonds is 16. The molecule has 0 atom stereocenters. The molecule has 0 aliphatic heterocycles. The molecule has 3 rings (SSSR count). The van der Waals surface area contributed by atoms with Crippen molar-refractivity contribution in [2.75, 3.05) is 33.2 Å². The number of carbonyl (C=O) groups excluding carboxylic acids is 3. The molecule has 3 amide bonds. The highest BCUT2D eigenvalue weighted by Crippen LogP contribution is 2.05. The van der Waals surface area contributed by atoms with Gasteiger partial charge in [-0.15, -0.1) is 0 Å². The summed E-state index contributed by atoms with van der Waals surface area (Å²) in [6, 6.07) is 26.7. The van der Waals surface area contributed by atoms with Crippen LogP contribution in [0.2, 0.25) is 0 Å². The highest BCUT2D eigenvalue weighted by atomic mass is 16.6. The molecule has 218 valence electrons. The van der Waals surface area contributed by atoms with Crippen molar-refractivity contribution in [2.45, 2.75) is 26.2 Å². The second-order valence-electron chi connectivity index (χ2n) is 8.74. The van der Waals surface area contributed by atoms with Crippen molar-refractivity contribution in [3.8, 4) is 0 Å². The smallest absolute Gasteiger partial charge is 0.407 e. The minimum atomic E-state index is -0.605. The van der Waals surface area contributed by atoms with Gasteiger partial charge in [0, 0.05) is 26.2 Å². The van der Waals surface area contributed by atoms with Crippen LogP contribution in [-0.4, -0.2) is 51.4 Å². The van der Waals surface area contributed by atoms with Gasteiger partial charge in [-0.2, -0.15) is 0 Å². The van der Waals surface area contributed by atoms with Gasteiger partial charge in [-0.25, -0.2) is 14.4 Å². The highest BCUT2D eigenvalue weighted by molar-refractivity contribution is 5.68. The summed E-state index contributed by atoms with van der Waals surface area (Å²) < 4.78 is 20.6. The van der Waals surface area contributed by atoms with Crippen molar-refractivity contribution < 1.29 is 33.3 Å². The van der Waals surface area contributed by atoms with Gasteiger partial charge in [0.05, 0.1) is 13.3 Å². The maximum atomic E-state index is 11.9. The molecule has 0 spiro atoms. The summed E-state index contributed by atoms with van der Waals surface area (Å²) in [5.41, 5.74) is 3.85. The summed E-state index contributed by atoms with van der Waals surface area (Å²) in [5, 5.41) is 11.1. The molecule has 0 aliphatic rings. The van der Waals surface area contributed by atoms with Crippen molar-refractivity contribution in [3.63, 3.8) is 0 Å². The van der Waals surface area contributed by atoms with E-state index in [-0.39, 0.29) is 39.7 Å². The fourth-order valence-corrected chi connectivity index (χ4v) is 3.52. The zero-order valence-corrected chi connectivity index (χ0v) is 22.8. The van der Waals surface area contributed by atoms with Crippen molar-refractivity contribution in [3.05, 3.63) is 107 Å². The molecule has 0 radical (unpaired) electrons. The average Bonchev–Trinajstić information content (AvgIpc) is 3.01. The lowest BCUT2D eigenvalue weighted by Gasteiger charge is -2.10. The largest absolute Gasteiger partial charge is 0.447 e. The van der Waals surface area contributed by atoms with Gasteiger partial charge in [0.2, 0.25) is 0 Å². The van der Waals surface area contributed by atoms with E-state index in [2.05, 4.69) is 21.3 Å². The van der Waals surface area contributed by atoms with E-state index in [1.54, 1.807) is 0 Å². The van der Waals surface area contributed by atoms with E-state index in [4.69, 9.17) is 18.9 Å². The lowest BCUT2D eigenvalue weighted by Crippen LogP contribution is -2.28. The number of benzene rings is 3. The molecule has 0 saturated heterocycles. The quantitative estimate of drug-likeness (QED) is 0.117. The summed E-state index contributed by atoms with van der Waals surface area (Å²) in [4.78, 5) is 35.4. The van der Waals surface area contributed by atoms with E-state index < -0.39 is 18.3 Å². The average molecular weight is 565 g/mol. The standard InChI is InChI=1S/C30H36N4O7/c35-28(32-20-24-8-3-1-4-9-24)39-15-14-38-23-31-19-26-12-7-13-27(18-26)22-34-30(37)41-17-16-40-29(36)33-21-25-10-5-2-6-11-25/h1-13,18,31H,14-17,19-23H2,(H,32,35)(H,33,36)(H,34,37). The summed E-state index contributed by atoms with van der Waals surface area (Å²) >= 11 is 0. The van der Waals surface area contributed by atoms with Crippen molar-refractivity contribution >= 4 is 18.3 Å². The zero-order valence-electron chi connectivity index (χ0n) is 22.8. The molecule has 0 heterocycles. The van der Waals surface area contributed by atoms with Gasteiger partial charge in [-0.3, -0.25) is 5.32 Å². The first-order valence-electron chi connectivity index (χ1n) is 13.2. The van der Waals surface area contributed by atoms with Crippen LogP contribution >= 0.6 is 0 Å². The minimum Gasteiger partial charge on any atom is -0.447 e. The Hall–Kier alpha value is -4.61. The topological polar surface area (TPSA) is 136 Å². The molecule has 41 heavy (non-hydrogen) atoms. The zero-order chi connectivity index (χ0) is 29.0. The number of hydrogen-bond acceptors (Lipinski definition) is 8. The van der Waals surface area contributed by atoms with E-state index in [0.29, 0.717) is 19.6 Å². The van der Waals surface area contributed by atoms with Crippen LogP contribution in [0.3, 0.4) is 0 Å². The Balaban J connectivity index is 1.18. The van der Waals surface area contributed by atoms with Gasteiger partial charge in [0.1, 0.15) is 19.8 Å². The Morgan fingerprint density at radius 3 is 1.41 bits per heavy atom. The third kappa shape index (κ3) is 13.8. The Morgan fingerprint density at radius 2 is 0.902 bits per heavy atom. The summed E-state index contributed by atoms with van der Waals surface area (Å²) in [5.74, 6) is 0. The fraction of sp³-hybridized carbons (Fsp3) is 0.300. The molecule has 3 aromatic rings. The number of ether oxygens (including phenoxy) is 4. The molecule has 0 unspecified atom stereocenters. The molecular formula is C30H36N4O7. The van der Waals surface area contributed by atoms with E-state index in [1.165, 1.54) is 0 Å². The highest BCUT2D eigenvalue weighted by Gasteiger charge is 2.06. The van der Waals surface area contributed by atoms with Crippen LogP contribution in [0.25, 0.3) is 0 Å². The van der Waals surface area contributed by atoms with Gasteiger partial charge < -0.3 is 34.9 Å². The third-order valence-electron chi connectivity index (χ3n) is 5.53. The van der Waals surface area contributed by atoms with E-state index in [1.807, 2.05) is 84.9 Å². The second kappa shape index (κ2) is 18.6. The first-order chi connectivity index (χ1) is 20.1. The number of carbonyl (C=O) groups is 3. The molecule has 4 N–H and O–H groups in total. The van der Waals surface area contributed by atoms with Gasteiger partial charge >= 0.3 is 18.3 Å². The lowest BCUT2D eigenvalue weighted by molar-refractivity contribution is 0.0633. The minimum absolute atomic E-state index is 0.0507. The van der Waals surface area contributed by atoms with Crippen LogP contribution in [-0.2, 0) is 45.1 Å². The van der Waals surface area contributed by atoms with Crippen LogP contribution in [0.15, 0.2) is 84.9 Å². The first kappa shape index (κ1) is 30.9. The van der Waals surface area contributed by atoms with Crippen LogP contribution < -0.4 is 21.3 Å². The molecule has 11 heteroatoms. The van der Waals surface area contributed by atoms with Gasteiger partial charge in [0.15, 0.2) is 0 Å². The number of alkyl carbamates (subject to hydrolysis) is 3. The normalized spacial score (nSPS) is 10.3. The van der Waals surface area contributed by atoms with Gasteiger partial charge in [-0.05, 0) is 22.3 Å². The molecule has 11 nitrogen and oxygen atoms in total. The molecule has 0 fully saturated rings. The van der Waals surface area contributed by atoms with E-state index >= 15 is 0 Å². The van der Waals surface area contributed by atoms with Crippen LogP contribution in [0.4, 0.5) is 14.4 Å². The van der Waals surface area contributed by atoms with Crippen LogP contribution in [0.1, 0.15) is 22.3 Å². The number of hydrogen-bond donors (Lipinski definition) is 4. The number of nitrogens with one attached hydrogen (secondary N) is 4. The molecular weight excluding hydrogens is 528 g/mol. The maximum absolute atomic E-state index is 11.9. The summed E-state index contributed by atoms with van der Waals surface area (Å²) in [7, 11) is 0.